The predicted octanol–water partition coefficient (Wildman–Crippen LogP) is 0.928. The van der Waals surface area contributed by atoms with E-state index in [1.165, 1.54) is 0 Å². The van der Waals surface area contributed by atoms with Gasteiger partial charge in [0.15, 0.2) is 11.5 Å². The molecule has 0 radical (unpaired) electrons. The summed E-state index contributed by atoms with van der Waals surface area (Å²) in [7, 11) is 3.72. The van der Waals surface area contributed by atoms with E-state index in [-0.39, 0.29) is 11.6 Å². The number of aromatic nitrogens is 3. The molecule has 3 rings (SSSR count). The quantitative estimate of drug-likeness (QED) is 0.883. The number of nitrogens with zero attached hydrogens (tertiary/aromatic N) is 5. The molecule has 1 N–H and O–H groups in total. The Kier molecular flexibility index (Phi) is 4.61. The summed E-state index contributed by atoms with van der Waals surface area (Å²) in [5, 5.41) is 6.49. The van der Waals surface area contributed by atoms with E-state index in [4.69, 9.17) is 9.26 Å². The number of carbonyl (C=O) groups is 1. The largest absolute Gasteiger partial charge is 0.378 e. The molecule has 0 saturated carbocycles. The summed E-state index contributed by atoms with van der Waals surface area (Å²) in [5.74, 6) is 1.46. The van der Waals surface area contributed by atoms with E-state index in [2.05, 4.69) is 25.3 Å². The van der Waals surface area contributed by atoms with Gasteiger partial charge in [-0.2, -0.15) is 4.98 Å². The monoisotopic (exact) mass is 332 g/mol. The Bertz CT molecular complexity index is 724. The van der Waals surface area contributed by atoms with E-state index in [1.54, 1.807) is 19.2 Å². The number of amides is 1. The highest BCUT2D eigenvalue weighted by Gasteiger charge is 2.19. The summed E-state index contributed by atoms with van der Waals surface area (Å²) in [6.45, 7) is 4.54. The fourth-order valence-electron chi connectivity index (χ4n) is 2.37. The summed E-state index contributed by atoms with van der Waals surface area (Å²) < 4.78 is 10.3. The lowest BCUT2D eigenvalue weighted by Gasteiger charge is -2.28. The molecule has 1 amide bonds. The highest BCUT2D eigenvalue weighted by molar-refractivity contribution is 6.04. The third-order valence-corrected chi connectivity index (χ3v) is 3.58. The number of ether oxygens (including phenoxy) is 1. The molecule has 1 fully saturated rings. The molecule has 0 atom stereocenters. The molecule has 0 unspecified atom stereocenters. The molecule has 9 nitrogen and oxygen atoms in total. The van der Waals surface area contributed by atoms with Crippen molar-refractivity contribution in [1.82, 2.24) is 15.1 Å². The first-order valence-corrected chi connectivity index (χ1v) is 7.66. The number of anilines is 3. The normalized spacial score (nSPS) is 14.5. The summed E-state index contributed by atoms with van der Waals surface area (Å²) in [6, 6.07) is 1.58. The minimum Gasteiger partial charge on any atom is -0.378 e. The van der Waals surface area contributed by atoms with Gasteiger partial charge in [-0.3, -0.25) is 4.79 Å². The van der Waals surface area contributed by atoms with Gasteiger partial charge in [-0.05, 0) is 6.92 Å². The number of aryl methyl sites for hydroxylation is 1. The molecule has 3 heterocycles. The minimum atomic E-state index is -0.363. The van der Waals surface area contributed by atoms with Gasteiger partial charge >= 0.3 is 0 Å². The maximum atomic E-state index is 12.3. The van der Waals surface area contributed by atoms with Crippen LogP contribution in [0.4, 0.5) is 17.5 Å². The SMILES string of the molecule is Cc1cc(C(=O)Nc2cnc(N3CCOCC3)nc2N(C)C)no1. The van der Waals surface area contributed by atoms with Gasteiger partial charge in [-0.25, -0.2) is 4.98 Å². The van der Waals surface area contributed by atoms with Crippen LogP contribution >= 0.6 is 0 Å². The van der Waals surface area contributed by atoms with Crippen molar-refractivity contribution in [1.29, 1.82) is 0 Å². The molecule has 128 valence electrons. The van der Waals surface area contributed by atoms with E-state index >= 15 is 0 Å². The molecule has 0 aromatic carbocycles. The van der Waals surface area contributed by atoms with Crippen LogP contribution in [0.5, 0.6) is 0 Å². The zero-order valence-corrected chi connectivity index (χ0v) is 13.9. The topological polar surface area (TPSA) is 96.6 Å². The van der Waals surface area contributed by atoms with E-state index in [9.17, 15) is 4.79 Å². The van der Waals surface area contributed by atoms with Gasteiger partial charge < -0.3 is 24.4 Å². The molecule has 9 heteroatoms. The molecular formula is C15H20N6O3. The van der Waals surface area contributed by atoms with Crippen LogP contribution in [0.15, 0.2) is 16.8 Å². The number of hydrogen-bond donors (Lipinski definition) is 1. The lowest BCUT2D eigenvalue weighted by Crippen LogP contribution is -2.37. The molecule has 0 spiro atoms. The first-order chi connectivity index (χ1) is 11.5. The van der Waals surface area contributed by atoms with E-state index in [0.29, 0.717) is 36.4 Å². The average Bonchev–Trinajstić information content (AvgIpc) is 3.02. The lowest BCUT2D eigenvalue weighted by molar-refractivity contribution is 0.101. The second-order valence-corrected chi connectivity index (χ2v) is 5.68. The fraction of sp³-hybridized carbons (Fsp3) is 0.467. The van der Waals surface area contributed by atoms with Gasteiger partial charge in [-0.15, -0.1) is 0 Å². The van der Waals surface area contributed by atoms with Crippen molar-refractivity contribution in [3.63, 3.8) is 0 Å². The van der Waals surface area contributed by atoms with Crippen LogP contribution in [0.3, 0.4) is 0 Å². The molecule has 0 bridgehead atoms. The summed E-state index contributed by atoms with van der Waals surface area (Å²) in [5.41, 5.74) is 0.733. The third kappa shape index (κ3) is 3.46. The molecule has 0 aliphatic carbocycles. The fourth-order valence-corrected chi connectivity index (χ4v) is 2.37. The molecule has 2 aromatic rings. The molecule has 24 heavy (non-hydrogen) atoms. The van der Waals surface area contributed by atoms with E-state index in [1.807, 2.05) is 19.0 Å². The number of morpholine rings is 1. The Labute approximate surface area is 139 Å². The van der Waals surface area contributed by atoms with Crippen LogP contribution in [-0.4, -0.2) is 61.4 Å². The third-order valence-electron chi connectivity index (χ3n) is 3.58. The van der Waals surface area contributed by atoms with Crippen LogP contribution in [0, 0.1) is 6.92 Å². The highest BCUT2D eigenvalue weighted by atomic mass is 16.5. The predicted molar refractivity (Wildman–Crippen MR) is 88.6 cm³/mol. The second kappa shape index (κ2) is 6.83. The second-order valence-electron chi connectivity index (χ2n) is 5.68. The Morgan fingerprint density at radius 2 is 2.08 bits per heavy atom. The Hall–Kier alpha value is -2.68. The van der Waals surface area contributed by atoms with Gasteiger partial charge in [0.1, 0.15) is 11.4 Å². The first-order valence-electron chi connectivity index (χ1n) is 7.66. The zero-order chi connectivity index (χ0) is 17.1. The molecule has 1 saturated heterocycles. The van der Waals surface area contributed by atoms with Crippen LogP contribution in [0.25, 0.3) is 0 Å². The standard InChI is InChI=1S/C15H20N6O3/c1-10-8-11(19-24-10)14(22)17-12-9-16-15(18-13(12)20(2)3)21-4-6-23-7-5-21/h8-9H,4-7H2,1-3H3,(H,17,22). The van der Waals surface area contributed by atoms with Crippen LogP contribution in [0.2, 0.25) is 0 Å². The molecule has 2 aromatic heterocycles. The Morgan fingerprint density at radius 1 is 1.33 bits per heavy atom. The number of carbonyl (C=O) groups excluding carboxylic acids is 1. The van der Waals surface area contributed by atoms with E-state index in [0.717, 1.165) is 13.1 Å². The first kappa shape index (κ1) is 16.2. The number of hydrogen-bond acceptors (Lipinski definition) is 8. The van der Waals surface area contributed by atoms with Gasteiger partial charge in [0.05, 0.1) is 19.4 Å². The van der Waals surface area contributed by atoms with Crippen LogP contribution < -0.4 is 15.1 Å². The molecule has 1 aliphatic heterocycles. The minimum absolute atomic E-state index is 0.217. The van der Waals surface area contributed by atoms with Crippen molar-refractivity contribution < 1.29 is 14.1 Å². The average molecular weight is 332 g/mol. The molecule has 1 aliphatic rings. The van der Waals surface area contributed by atoms with Gasteiger partial charge in [0.2, 0.25) is 5.95 Å². The zero-order valence-electron chi connectivity index (χ0n) is 13.9. The maximum Gasteiger partial charge on any atom is 0.277 e. The van der Waals surface area contributed by atoms with Gasteiger partial charge in [-0.1, -0.05) is 5.16 Å². The van der Waals surface area contributed by atoms with Crippen molar-refractivity contribution in [2.24, 2.45) is 0 Å². The molecular weight excluding hydrogens is 312 g/mol. The summed E-state index contributed by atoms with van der Waals surface area (Å²) in [4.78, 5) is 25.1. The highest BCUT2D eigenvalue weighted by Crippen LogP contribution is 2.24. The van der Waals surface area contributed by atoms with Crippen LogP contribution in [0.1, 0.15) is 16.2 Å². The van der Waals surface area contributed by atoms with Crippen LogP contribution in [-0.2, 0) is 4.74 Å². The Morgan fingerprint density at radius 3 is 2.71 bits per heavy atom. The Balaban J connectivity index is 1.83. The number of rotatable bonds is 4. The van der Waals surface area contributed by atoms with Gasteiger partial charge in [0.25, 0.3) is 5.91 Å². The summed E-state index contributed by atoms with van der Waals surface area (Å²) in [6.07, 6.45) is 1.61. The van der Waals surface area contributed by atoms with Crippen molar-refractivity contribution in [3.8, 4) is 0 Å². The van der Waals surface area contributed by atoms with Gasteiger partial charge in [0, 0.05) is 33.3 Å². The maximum absolute atomic E-state index is 12.3. The van der Waals surface area contributed by atoms with Crippen molar-refractivity contribution in [3.05, 3.63) is 23.7 Å². The van der Waals surface area contributed by atoms with E-state index < -0.39 is 0 Å². The van der Waals surface area contributed by atoms with Crippen molar-refractivity contribution >= 4 is 23.4 Å². The lowest BCUT2D eigenvalue weighted by atomic mass is 10.3. The van der Waals surface area contributed by atoms with Crippen molar-refractivity contribution in [2.45, 2.75) is 6.92 Å². The summed E-state index contributed by atoms with van der Waals surface area (Å²) >= 11 is 0. The number of nitrogens with one attached hydrogen (secondary N) is 1. The smallest absolute Gasteiger partial charge is 0.277 e. The van der Waals surface area contributed by atoms with Crippen molar-refractivity contribution in [2.75, 3.05) is 55.5 Å².